The van der Waals surface area contributed by atoms with Crippen molar-refractivity contribution in [3.8, 4) is 0 Å². The van der Waals surface area contributed by atoms with Crippen molar-refractivity contribution < 1.29 is 14.7 Å². The molecule has 0 aliphatic carbocycles. The van der Waals surface area contributed by atoms with Gasteiger partial charge in [0.25, 0.3) is 5.91 Å². The molecule has 2 aromatic heterocycles. The Hall–Kier alpha value is -2.35. The molecular weight excluding hydrogens is 268 g/mol. The Labute approximate surface area is 112 Å². The van der Waals surface area contributed by atoms with Gasteiger partial charge in [0.1, 0.15) is 4.88 Å². The van der Waals surface area contributed by atoms with Crippen molar-refractivity contribution in [2.45, 2.75) is 13.5 Å². The number of nitrogens with zero attached hydrogens (tertiary/aromatic N) is 3. The van der Waals surface area contributed by atoms with Gasteiger partial charge in [-0.1, -0.05) is 4.49 Å². The Morgan fingerprint density at radius 1 is 1.47 bits per heavy atom. The van der Waals surface area contributed by atoms with Crippen LogP contribution in [-0.4, -0.2) is 31.6 Å². The van der Waals surface area contributed by atoms with E-state index < -0.39 is 5.97 Å². The van der Waals surface area contributed by atoms with Crippen LogP contribution in [0.3, 0.4) is 0 Å². The van der Waals surface area contributed by atoms with E-state index in [4.69, 9.17) is 5.11 Å². The van der Waals surface area contributed by atoms with E-state index in [9.17, 15) is 9.59 Å². The number of amides is 1. The van der Waals surface area contributed by atoms with Crippen LogP contribution in [0.2, 0.25) is 0 Å². The fraction of sp³-hybridized carbons (Fsp3) is 0.182. The molecule has 0 aromatic carbocycles. The molecule has 0 aliphatic rings. The summed E-state index contributed by atoms with van der Waals surface area (Å²) in [4.78, 5) is 27.0. The molecule has 98 valence electrons. The maximum Gasteiger partial charge on any atom is 0.335 e. The summed E-state index contributed by atoms with van der Waals surface area (Å²) in [6.45, 7) is 1.85. The lowest BCUT2D eigenvalue weighted by molar-refractivity contribution is 0.0696. The van der Waals surface area contributed by atoms with E-state index >= 15 is 0 Å². The zero-order valence-electron chi connectivity index (χ0n) is 9.95. The van der Waals surface area contributed by atoms with Crippen molar-refractivity contribution >= 4 is 23.4 Å². The minimum atomic E-state index is -1.03. The summed E-state index contributed by atoms with van der Waals surface area (Å²) >= 11 is 1.01. The molecule has 8 heteroatoms. The highest BCUT2D eigenvalue weighted by Crippen LogP contribution is 2.09. The second kappa shape index (κ2) is 5.53. The van der Waals surface area contributed by atoms with Crippen LogP contribution in [0.1, 0.15) is 31.4 Å². The van der Waals surface area contributed by atoms with E-state index in [0.717, 1.165) is 11.5 Å². The second-order valence-corrected chi connectivity index (χ2v) is 4.47. The number of hydrogen-bond acceptors (Lipinski definition) is 6. The molecular formula is C11H10N4O3S. The molecule has 2 heterocycles. The first kappa shape index (κ1) is 13.1. The van der Waals surface area contributed by atoms with Crippen molar-refractivity contribution in [2.75, 3.05) is 0 Å². The normalized spacial score (nSPS) is 10.2. The van der Waals surface area contributed by atoms with Crippen LogP contribution in [-0.2, 0) is 6.54 Å². The van der Waals surface area contributed by atoms with Gasteiger partial charge < -0.3 is 10.4 Å². The fourth-order valence-corrected chi connectivity index (χ4v) is 1.97. The number of aromatic nitrogens is 3. The van der Waals surface area contributed by atoms with Crippen molar-refractivity contribution in [1.29, 1.82) is 0 Å². The van der Waals surface area contributed by atoms with Gasteiger partial charge in [-0.25, -0.2) is 4.79 Å². The predicted molar refractivity (Wildman–Crippen MR) is 67.0 cm³/mol. The maximum absolute atomic E-state index is 11.8. The van der Waals surface area contributed by atoms with Gasteiger partial charge in [0.05, 0.1) is 23.5 Å². The minimum absolute atomic E-state index is 0.134. The number of aromatic carboxylic acids is 1. The molecule has 2 rings (SSSR count). The van der Waals surface area contributed by atoms with Gasteiger partial charge in [0.2, 0.25) is 0 Å². The number of pyridine rings is 1. The molecule has 1 amide bonds. The van der Waals surface area contributed by atoms with Crippen molar-refractivity contribution in [2.24, 2.45) is 0 Å². The van der Waals surface area contributed by atoms with Gasteiger partial charge in [-0.15, -0.1) is 5.10 Å². The summed E-state index contributed by atoms with van der Waals surface area (Å²) in [5, 5.41) is 15.2. The lowest BCUT2D eigenvalue weighted by Gasteiger charge is -2.04. The summed E-state index contributed by atoms with van der Waals surface area (Å²) < 4.78 is 3.67. The zero-order chi connectivity index (χ0) is 13.8. The van der Waals surface area contributed by atoms with Crippen molar-refractivity contribution in [3.63, 3.8) is 0 Å². The summed E-state index contributed by atoms with van der Waals surface area (Å²) in [5.74, 6) is -1.33. The maximum atomic E-state index is 11.8. The van der Waals surface area contributed by atoms with Crippen LogP contribution >= 0.6 is 11.5 Å². The highest BCUT2D eigenvalue weighted by molar-refractivity contribution is 7.07. The minimum Gasteiger partial charge on any atom is -0.478 e. The van der Waals surface area contributed by atoms with Gasteiger partial charge in [-0.05, 0) is 30.6 Å². The number of hydrogen-bond donors (Lipinski definition) is 2. The number of carboxylic acids is 1. The Bertz CT molecular complexity index is 626. The van der Waals surface area contributed by atoms with E-state index in [2.05, 4.69) is 19.9 Å². The second-order valence-electron chi connectivity index (χ2n) is 3.71. The molecule has 2 aromatic rings. The summed E-state index contributed by atoms with van der Waals surface area (Å²) in [7, 11) is 0. The standard InChI is InChI=1S/C11H10N4O3S/c1-6-9(19-15-14-6)10(16)13-5-8-4-7(11(17)18)2-3-12-8/h2-4H,5H2,1H3,(H,13,16)(H,17,18). The Morgan fingerprint density at radius 2 is 2.26 bits per heavy atom. The van der Waals surface area contributed by atoms with Crippen LogP contribution < -0.4 is 5.32 Å². The monoisotopic (exact) mass is 278 g/mol. The van der Waals surface area contributed by atoms with E-state index in [1.807, 2.05) is 0 Å². The van der Waals surface area contributed by atoms with Crippen molar-refractivity contribution in [1.82, 2.24) is 19.9 Å². The molecule has 0 atom stereocenters. The van der Waals surface area contributed by atoms with Gasteiger partial charge >= 0.3 is 5.97 Å². The van der Waals surface area contributed by atoms with Gasteiger partial charge in [0, 0.05) is 6.20 Å². The molecule has 19 heavy (non-hydrogen) atoms. The van der Waals surface area contributed by atoms with Crippen molar-refractivity contribution in [3.05, 3.63) is 40.2 Å². The first-order valence-corrected chi connectivity index (χ1v) is 6.10. The molecule has 7 nitrogen and oxygen atoms in total. The fourth-order valence-electron chi connectivity index (χ4n) is 1.40. The van der Waals surface area contributed by atoms with E-state index in [-0.39, 0.29) is 18.0 Å². The van der Waals surface area contributed by atoms with Crippen LogP contribution in [0, 0.1) is 6.92 Å². The third kappa shape index (κ3) is 3.10. The first-order chi connectivity index (χ1) is 9.08. The number of carboxylic acid groups (broad SMARTS) is 1. The Morgan fingerprint density at radius 3 is 2.89 bits per heavy atom. The van der Waals surface area contributed by atoms with E-state index in [1.165, 1.54) is 18.3 Å². The topological polar surface area (TPSA) is 105 Å². The third-order valence-corrected chi connectivity index (χ3v) is 3.18. The third-order valence-electron chi connectivity index (χ3n) is 2.35. The molecule has 0 bridgehead atoms. The molecule has 0 spiro atoms. The lowest BCUT2D eigenvalue weighted by Crippen LogP contribution is -2.23. The van der Waals surface area contributed by atoms with Crippen LogP contribution in [0.25, 0.3) is 0 Å². The number of carbonyl (C=O) groups is 2. The summed E-state index contributed by atoms with van der Waals surface area (Å²) in [5.41, 5.74) is 1.17. The molecule has 0 unspecified atom stereocenters. The van der Waals surface area contributed by atoms with Gasteiger partial charge in [-0.3, -0.25) is 9.78 Å². The molecule has 0 saturated heterocycles. The predicted octanol–water partition coefficient (Wildman–Crippen LogP) is 0.870. The van der Waals surface area contributed by atoms with Crippen LogP contribution in [0.4, 0.5) is 0 Å². The Kier molecular flexibility index (Phi) is 3.81. The number of nitrogens with one attached hydrogen (secondary N) is 1. The number of rotatable bonds is 4. The molecule has 0 aliphatic heterocycles. The summed E-state index contributed by atoms with van der Waals surface area (Å²) in [6.07, 6.45) is 1.39. The molecule has 0 fully saturated rings. The van der Waals surface area contributed by atoms with Gasteiger partial charge in [-0.2, -0.15) is 0 Å². The highest BCUT2D eigenvalue weighted by Gasteiger charge is 2.13. The molecule has 2 N–H and O–H groups in total. The largest absolute Gasteiger partial charge is 0.478 e. The van der Waals surface area contributed by atoms with Crippen LogP contribution in [0.15, 0.2) is 18.3 Å². The molecule has 0 saturated carbocycles. The average Bonchev–Trinajstić information content (AvgIpc) is 2.82. The number of aryl methyl sites for hydroxylation is 1. The zero-order valence-corrected chi connectivity index (χ0v) is 10.8. The SMILES string of the molecule is Cc1nnsc1C(=O)NCc1cc(C(=O)O)ccn1. The van der Waals surface area contributed by atoms with Crippen LogP contribution in [0.5, 0.6) is 0 Å². The van der Waals surface area contributed by atoms with E-state index in [0.29, 0.717) is 16.3 Å². The quantitative estimate of drug-likeness (QED) is 0.859. The highest BCUT2D eigenvalue weighted by atomic mass is 32.1. The lowest BCUT2D eigenvalue weighted by atomic mass is 10.2. The molecule has 0 radical (unpaired) electrons. The average molecular weight is 278 g/mol. The first-order valence-electron chi connectivity index (χ1n) is 5.33. The smallest absolute Gasteiger partial charge is 0.335 e. The Balaban J connectivity index is 2.03. The summed E-state index contributed by atoms with van der Waals surface area (Å²) in [6, 6.07) is 2.81. The van der Waals surface area contributed by atoms with E-state index in [1.54, 1.807) is 6.92 Å². The van der Waals surface area contributed by atoms with Gasteiger partial charge in [0.15, 0.2) is 0 Å². The number of carbonyl (C=O) groups excluding carboxylic acids is 1.